The number of nitrogens with one attached hydrogen (secondary N) is 1. The first-order chi connectivity index (χ1) is 14.1. The number of carbonyl (C=O) groups excluding carboxylic acids is 2. The summed E-state index contributed by atoms with van der Waals surface area (Å²) in [5, 5.41) is 17.8. The first-order valence-corrected chi connectivity index (χ1v) is 10.3. The lowest BCUT2D eigenvalue weighted by molar-refractivity contribution is -0.384. The van der Waals surface area contributed by atoms with Crippen LogP contribution < -0.4 is 5.32 Å². The van der Waals surface area contributed by atoms with Crippen LogP contribution in [0.3, 0.4) is 0 Å². The zero-order valence-electron chi connectivity index (χ0n) is 17.4. The molecule has 0 radical (unpaired) electrons. The normalized spacial score (nSPS) is 10.9. The van der Waals surface area contributed by atoms with Crippen molar-refractivity contribution < 1.29 is 19.2 Å². The Bertz CT molecular complexity index is 955. The maximum absolute atomic E-state index is 12.1. The SMILES string of the molecule is Cc1nn(CC(C)C)c(C)c1CCC(=O)OCC(=O)Nc1ccc([N+](=O)[O-])cc1Br. The minimum absolute atomic E-state index is 0.103. The number of halogens is 1. The lowest BCUT2D eigenvalue weighted by Gasteiger charge is -2.09. The van der Waals surface area contributed by atoms with Crippen molar-refractivity contribution in [2.45, 2.75) is 47.1 Å². The van der Waals surface area contributed by atoms with Gasteiger partial charge in [0.25, 0.3) is 11.6 Å². The van der Waals surface area contributed by atoms with E-state index in [0.29, 0.717) is 22.5 Å². The second-order valence-corrected chi connectivity index (χ2v) is 8.21. The van der Waals surface area contributed by atoms with E-state index < -0.39 is 23.4 Å². The van der Waals surface area contributed by atoms with Crippen LogP contribution in [0.5, 0.6) is 0 Å². The molecule has 0 saturated carbocycles. The highest BCUT2D eigenvalue weighted by Gasteiger charge is 2.16. The molecule has 2 rings (SSSR count). The van der Waals surface area contributed by atoms with Gasteiger partial charge < -0.3 is 10.1 Å². The fourth-order valence-corrected chi connectivity index (χ4v) is 3.44. The molecule has 0 atom stereocenters. The number of anilines is 1. The number of hydrogen-bond acceptors (Lipinski definition) is 6. The Hall–Kier alpha value is -2.75. The number of non-ortho nitro benzene ring substituents is 1. The fourth-order valence-electron chi connectivity index (χ4n) is 2.97. The Morgan fingerprint density at radius 3 is 2.63 bits per heavy atom. The van der Waals surface area contributed by atoms with E-state index in [0.717, 1.165) is 23.5 Å². The summed E-state index contributed by atoms with van der Waals surface area (Å²) in [6.07, 6.45) is 0.633. The van der Waals surface area contributed by atoms with Gasteiger partial charge in [0, 0.05) is 35.3 Å². The largest absolute Gasteiger partial charge is 0.456 e. The number of amides is 1. The molecule has 162 valence electrons. The van der Waals surface area contributed by atoms with Gasteiger partial charge in [0.2, 0.25) is 0 Å². The van der Waals surface area contributed by atoms with E-state index >= 15 is 0 Å². The topological polar surface area (TPSA) is 116 Å². The van der Waals surface area contributed by atoms with Crippen LogP contribution in [0.1, 0.15) is 37.2 Å². The second kappa shape index (κ2) is 10.3. The molecule has 1 aromatic carbocycles. The summed E-state index contributed by atoms with van der Waals surface area (Å²) in [6.45, 7) is 8.52. The number of ether oxygens (including phenoxy) is 1. The molecule has 0 saturated heterocycles. The van der Waals surface area contributed by atoms with Gasteiger partial charge >= 0.3 is 5.97 Å². The average Bonchev–Trinajstić information content (AvgIpc) is 2.92. The van der Waals surface area contributed by atoms with Gasteiger partial charge in [0.15, 0.2) is 6.61 Å². The van der Waals surface area contributed by atoms with Gasteiger partial charge in [-0.05, 0) is 53.7 Å². The van der Waals surface area contributed by atoms with Gasteiger partial charge in [-0.3, -0.25) is 24.4 Å². The molecule has 30 heavy (non-hydrogen) atoms. The molecule has 0 bridgehead atoms. The molecular formula is C20H25BrN4O5. The van der Waals surface area contributed by atoms with E-state index in [1.807, 2.05) is 18.5 Å². The number of nitrogens with zero attached hydrogens (tertiary/aromatic N) is 3. The highest BCUT2D eigenvalue weighted by molar-refractivity contribution is 9.10. The zero-order valence-corrected chi connectivity index (χ0v) is 19.0. The zero-order chi connectivity index (χ0) is 22.4. The fraction of sp³-hybridized carbons (Fsp3) is 0.450. The number of rotatable bonds is 9. The first-order valence-electron chi connectivity index (χ1n) is 9.50. The van der Waals surface area contributed by atoms with E-state index in [9.17, 15) is 19.7 Å². The third-order valence-electron chi connectivity index (χ3n) is 4.45. The van der Waals surface area contributed by atoms with Crippen molar-refractivity contribution in [3.8, 4) is 0 Å². The molecule has 0 unspecified atom stereocenters. The van der Waals surface area contributed by atoms with Gasteiger partial charge in [0.1, 0.15) is 0 Å². The maximum atomic E-state index is 12.1. The van der Waals surface area contributed by atoms with E-state index in [4.69, 9.17) is 4.74 Å². The molecular weight excluding hydrogens is 456 g/mol. The molecule has 1 amide bonds. The Labute approximate surface area is 183 Å². The standard InChI is InChI=1S/C20H25BrN4O5/c1-12(2)10-24-14(4)16(13(3)23-24)6-8-20(27)30-11-19(26)22-18-7-5-15(25(28)29)9-17(18)21/h5,7,9,12H,6,8,10-11H2,1-4H3,(H,22,26). The van der Waals surface area contributed by atoms with Crippen LogP contribution in [-0.4, -0.2) is 33.2 Å². The lowest BCUT2D eigenvalue weighted by Crippen LogP contribution is -2.21. The Morgan fingerprint density at radius 1 is 1.33 bits per heavy atom. The number of carbonyl (C=O) groups is 2. The number of aromatic nitrogens is 2. The molecule has 0 spiro atoms. The second-order valence-electron chi connectivity index (χ2n) is 7.36. The molecule has 10 heteroatoms. The molecule has 1 heterocycles. The number of benzene rings is 1. The van der Waals surface area contributed by atoms with Gasteiger partial charge in [-0.15, -0.1) is 0 Å². The van der Waals surface area contributed by atoms with Crippen molar-refractivity contribution in [2.75, 3.05) is 11.9 Å². The molecule has 2 aromatic rings. The number of nitro benzene ring substituents is 1. The molecule has 1 N–H and O–H groups in total. The predicted octanol–water partition coefficient (Wildman–Crippen LogP) is 3.94. The first kappa shape index (κ1) is 23.5. The quantitative estimate of drug-likeness (QED) is 0.330. The molecule has 0 aliphatic carbocycles. The van der Waals surface area contributed by atoms with Gasteiger partial charge in [0.05, 0.1) is 16.3 Å². The van der Waals surface area contributed by atoms with Crippen LogP contribution in [0.4, 0.5) is 11.4 Å². The van der Waals surface area contributed by atoms with E-state index in [2.05, 4.69) is 40.2 Å². The monoisotopic (exact) mass is 480 g/mol. The Kier molecular flexibility index (Phi) is 8.10. The van der Waals surface area contributed by atoms with Crippen molar-refractivity contribution in [3.63, 3.8) is 0 Å². The van der Waals surface area contributed by atoms with Gasteiger partial charge in [-0.1, -0.05) is 13.8 Å². The molecule has 1 aromatic heterocycles. The summed E-state index contributed by atoms with van der Waals surface area (Å²) in [7, 11) is 0. The van der Waals surface area contributed by atoms with Crippen molar-refractivity contribution in [1.82, 2.24) is 9.78 Å². The summed E-state index contributed by atoms with van der Waals surface area (Å²) in [5.74, 6) is -0.548. The van der Waals surface area contributed by atoms with Gasteiger partial charge in [-0.2, -0.15) is 5.10 Å². The van der Waals surface area contributed by atoms with Gasteiger partial charge in [-0.25, -0.2) is 0 Å². The van der Waals surface area contributed by atoms with Crippen molar-refractivity contribution in [2.24, 2.45) is 5.92 Å². The van der Waals surface area contributed by atoms with Crippen LogP contribution in [0.2, 0.25) is 0 Å². The van der Waals surface area contributed by atoms with Crippen LogP contribution in [0.25, 0.3) is 0 Å². The van der Waals surface area contributed by atoms with Crippen LogP contribution in [0, 0.1) is 29.9 Å². The van der Waals surface area contributed by atoms with E-state index in [1.165, 1.54) is 18.2 Å². The summed E-state index contributed by atoms with van der Waals surface area (Å²) in [6, 6.07) is 3.96. The highest BCUT2D eigenvalue weighted by Crippen LogP contribution is 2.27. The van der Waals surface area contributed by atoms with E-state index in [1.54, 1.807) is 0 Å². The average molecular weight is 481 g/mol. The number of hydrogen-bond donors (Lipinski definition) is 1. The third-order valence-corrected chi connectivity index (χ3v) is 5.11. The van der Waals surface area contributed by atoms with Crippen molar-refractivity contribution in [1.29, 1.82) is 0 Å². The minimum Gasteiger partial charge on any atom is -0.456 e. The summed E-state index contributed by atoms with van der Waals surface area (Å²) in [4.78, 5) is 34.3. The third kappa shape index (κ3) is 6.38. The molecule has 0 fully saturated rings. The van der Waals surface area contributed by atoms with Crippen molar-refractivity contribution in [3.05, 3.63) is 49.7 Å². The molecule has 0 aliphatic heterocycles. The number of esters is 1. The molecule has 9 nitrogen and oxygen atoms in total. The summed E-state index contributed by atoms with van der Waals surface area (Å²) >= 11 is 3.17. The molecule has 0 aliphatic rings. The lowest BCUT2D eigenvalue weighted by atomic mass is 10.1. The summed E-state index contributed by atoms with van der Waals surface area (Å²) < 4.78 is 7.37. The minimum atomic E-state index is -0.534. The Morgan fingerprint density at radius 2 is 2.03 bits per heavy atom. The van der Waals surface area contributed by atoms with E-state index in [-0.39, 0.29) is 12.1 Å². The van der Waals surface area contributed by atoms with Crippen molar-refractivity contribution >= 4 is 39.2 Å². The number of aryl methyl sites for hydroxylation is 1. The number of nitro groups is 1. The smallest absolute Gasteiger partial charge is 0.306 e. The van der Waals surface area contributed by atoms with Crippen LogP contribution >= 0.6 is 15.9 Å². The summed E-state index contributed by atoms with van der Waals surface area (Å²) in [5.41, 5.74) is 3.20. The van der Waals surface area contributed by atoms with Crippen LogP contribution in [0.15, 0.2) is 22.7 Å². The predicted molar refractivity (Wildman–Crippen MR) is 115 cm³/mol. The Balaban J connectivity index is 1.84. The highest BCUT2D eigenvalue weighted by atomic mass is 79.9. The maximum Gasteiger partial charge on any atom is 0.306 e. The van der Waals surface area contributed by atoms with Crippen LogP contribution in [-0.2, 0) is 27.3 Å².